The van der Waals surface area contributed by atoms with Gasteiger partial charge in [0.15, 0.2) is 0 Å². The number of rotatable bonds is 8. The minimum absolute atomic E-state index is 0.164. The summed E-state index contributed by atoms with van der Waals surface area (Å²) in [6, 6.07) is 15.7. The fourth-order valence-electron chi connectivity index (χ4n) is 3.23. The van der Waals surface area contributed by atoms with E-state index < -0.39 is 0 Å². The van der Waals surface area contributed by atoms with Crippen LogP contribution in [0.5, 0.6) is 5.75 Å². The Hall–Kier alpha value is -3.54. The summed E-state index contributed by atoms with van der Waals surface area (Å²) < 4.78 is 13.8. The minimum atomic E-state index is 0.164. The lowest BCUT2D eigenvalue weighted by Gasteiger charge is -2.07. The second kappa shape index (κ2) is 8.22. The molecule has 0 unspecified atom stereocenters. The lowest BCUT2D eigenvalue weighted by atomic mass is 10.2. The van der Waals surface area contributed by atoms with Crippen molar-refractivity contribution < 1.29 is 14.3 Å². The van der Waals surface area contributed by atoms with E-state index in [9.17, 15) is 5.11 Å². The molecule has 2 aromatic heterocycles. The summed E-state index contributed by atoms with van der Waals surface area (Å²) in [5.41, 5.74) is 3.62. The Kier molecular flexibility index (Phi) is 5.33. The number of aryl methyl sites for hydroxylation is 2. The van der Waals surface area contributed by atoms with E-state index in [-0.39, 0.29) is 5.76 Å². The van der Waals surface area contributed by atoms with Crippen LogP contribution in [0.2, 0.25) is 0 Å². The average Bonchev–Trinajstić information content (AvgIpc) is 3.31. The van der Waals surface area contributed by atoms with E-state index in [1.807, 2.05) is 60.0 Å². The number of hydrogen-bond donors (Lipinski definition) is 1. The van der Waals surface area contributed by atoms with E-state index in [1.165, 1.54) is 0 Å². The van der Waals surface area contributed by atoms with Gasteiger partial charge in [-0.25, -0.2) is 9.97 Å². The Morgan fingerprint density at radius 3 is 2.79 bits per heavy atom. The van der Waals surface area contributed by atoms with Gasteiger partial charge in [0.1, 0.15) is 17.0 Å². The normalized spacial score (nSPS) is 11.1. The molecule has 0 bridgehead atoms. The molecule has 0 radical (unpaired) electrons. The van der Waals surface area contributed by atoms with Crippen LogP contribution in [0.1, 0.15) is 17.9 Å². The first-order valence-corrected chi connectivity index (χ1v) is 9.57. The van der Waals surface area contributed by atoms with Crippen molar-refractivity contribution in [2.45, 2.75) is 26.3 Å². The number of para-hydroxylation sites is 1. The van der Waals surface area contributed by atoms with Gasteiger partial charge in [-0.2, -0.15) is 0 Å². The Bertz CT molecular complexity index is 1130. The number of aliphatic hydroxyl groups excluding tert-OH is 1. The predicted molar refractivity (Wildman–Crippen MR) is 112 cm³/mol. The molecule has 0 saturated carbocycles. The van der Waals surface area contributed by atoms with Gasteiger partial charge in [0.2, 0.25) is 5.89 Å². The fourth-order valence-corrected chi connectivity index (χ4v) is 3.23. The molecule has 0 atom stereocenters. The van der Waals surface area contributed by atoms with Crippen molar-refractivity contribution in [2.24, 2.45) is 0 Å². The van der Waals surface area contributed by atoms with Crippen molar-refractivity contribution >= 4 is 11.0 Å². The van der Waals surface area contributed by atoms with Crippen molar-refractivity contribution in [1.82, 2.24) is 14.5 Å². The van der Waals surface area contributed by atoms with Gasteiger partial charge >= 0.3 is 0 Å². The van der Waals surface area contributed by atoms with Crippen molar-refractivity contribution in [2.75, 3.05) is 6.61 Å². The lowest BCUT2D eigenvalue weighted by Crippen LogP contribution is -2.03. The Balaban J connectivity index is 1.44. The Morgan fingerprint density at radius 2 is 2.00 bits per heavy atom. The summed E-state index contributed by atoms with van der Waals surface area (Å²) in [7, 11) is 0. The van der Waals surface area contributed by atoms with Gasteiger partial charge in [-0.15, -0.1) is 0 Å². The first kappa shape index (κ1) is 18.8. The number of allylic oxidation sites excluding steroid dienone is 1. The summed E-state index contributed by atoms with van der Waals surface area (Å²) in [5, 5.41) is 9.33. The zero-order valence-electron chi connectivity index (χ0n) is 16.3. The van der Waals surface area contributed by atoms with Crippen molar-refractivity contribution in [1.29, 1.82) is 0 Å². The maximum atomic E-state index is 9.33. The van der Waals surface area contributed by atoms with E-state index in [0.29, 0.717) is 31.9 Å². The lowest BCUT2D eigenvalue weighted by molar-refractivity contribution is 0.323. The zero-order chi connectivity index (χ0) is 20.2. The van der Waals surface area contributed by atoms with Crippen LogP contribution in [0.15, 0.2) is 71.6 Å². The van der Waals surface area contributed by atoms with Crippen LogP contribution in [0.25, 0.3) is 22.5 Å². The van der Waals surface area contributed by atoms with Crippen molar-refractivity contribution in [3.05, 3.63) is 78.7 Å². The van der Waals surface area contributed by atoms with Crippen LogP contribution >= 0.6 is 0 Å². The number of benzene rings is 2. The summed E-state index contributed by atoms with van der Waals surface area (Å²) in [6.07, 6.45) is 2.89. The van der Waals surface area contributed by atoms with Gasteiger partial charge in [-0.05, 0) is 31.2 Å². The smallest absolute Gasteiger partial charge is 0.226 e. The number of ether oxygens (including phenoxy) is 1. The standard InChI is InChI=1S/C23H23N3O3/c1-16(27)11-13-26-15-24-22-20(26)9-6-10-21(22)28-14-12-19-17(2)29-23(25-19)18-7-4-3-5-8-18/h3-10,15,27H,1,11-14H2,2H3. The average molecular weight is 389 g/mol. The second-order valence-corrected chi connectivity index (χ2v) is 6.86. The number of nitrogens with zero attached hydrogens (tertiary/aromatic N) is 3. The Labute approximate surface area is 169 Å². The molecule has 6 heteroatoms. The number of aliphatic hydroxyl groups is 1. The van der Waals surface area contributed by atoms with Gasteiger partial charge < -0.3 is 18.8 Å². The molecule has 29 heavy (non-hydrogen) atoms. The van der Waals surface area contributed by atoms with E-state index in [4.69, 9.17) is 9.15 Å². The first-order valence-electron chi connectivity index (χ1n) is 9.57. The summed E-state index contributed by atoms with van der Waals surface area (Å²) in [5.74, 6) is 2.33. The molecule has 2 aromatic carbocycles. The SMILES string of the molecule is C=C(O)CCn1cnc2c(OCCc3nc(-c4ccccc4)oc3C)cccc21. The molecule has 0 aliphatic rings. The van der Waals surface area contributed by atoms with Gasteiger partial charge in [0.05, 0.1) is 29.9 Å². The number of imidazole rings is 1. The van der Waals surface area contributed by atoms with E-state index >= 15 is 0 Å². The number of oxazole rings is 1. The quantitative estimate of drug-likeness (QED) is 0.425. The predicted octanol–water partition coefficient (Wildman–Crippen LogP) is 5.08. The fraction of sp³-hybridized carbons (Fsp3) is 0.217. The topological polar surface area (TPSA) is 73.3 Å². The van der Waals surface area contributed by atoms with E-state index in [2.05, 4.69) is 16.5 Å². The van der Waals surface area contributed by atoms with Crippen LogP contribution in [-0.2, 0) is 13.0 Å². The molecule has 2 heterocycles. The highest BCUT2D eigenvalue weighted by molar-refractivity contribution is 5.81. The number of hydrogen-bond acceptors (Lipinski definition) is 5. The van der Waals surface area contributed by atoms with Crippen LogP contribution in [0.4, 0.5) is 0 Å². The molecule has 148 valence electrons. The van der Waals surface area contributed by atoms with Crippen molar-refractivity contribution in [3.63, 3.8) is 0 Å². The molecule has 0 aliphatic heterocycles. The zero-order valence-corrected chi connectivity index (χ0v) is 16.3. The van der Waals surface area contributed by atoms with Gasteiger partial charge in [0, 0.05) is 24.9 Å². The van der Waals surface area contributed by atoms with E-state index in [0.717, 1.165) is 33.8 Å². The second-order valence-electron chi connectivity index (χ2n) is 6.86. The summed E-state index contributed by atoms with van der Waals surface area (Å²) in [6.45, 7) is 6.55. The number of aromatic nitrogens is 3. The molecule has 0 aliphatic carbocycles. The largest absolute Gasteiger partial charge is 0.513 e. The van der Waals surface area contributed by atoms with Crippen LogP contribution in [-0.4, -0.2) is 26.2 Å². The maximum Gasteiger partial charge on any atom is 0.226 e. The maximum absolute atomic E-state index is 9.33. The molecule has 0 spiro atoms. The molecule has 4 aromatic rings. The molecule has 0 amide bonds. The van der Waals surface area contributed by atoms with Crippen LogP contribution in [0.3, 0.4) is 0 Å². The van der Waals surface area contributed by atoms with Crippen molar-refractivity contribution in [3.8, 4) is 17.2 Å². The van der Waals surface area contributed by atoms with Gasteiger partial charge in [0.25, 0.3) is 0 Å². The Morgan fingerprint density at radius 1 is 1.17 bits per heavy atom. The molecule has 0 saturated heterocycles. The third kappa shape index (κ3) is 4.16. The summed E-state index contributed by atoms with van der Waals surface area (Å²) in [4.78, 5) is 9.10. The molecule has 0 fully saturated rings. The van der Waals surface area contributed by atoms with Gasteiger partial charge in [-0.3, -0.25) is 0 Å². The monoisotopic (exact) mass is 389 g/mol. The molecular formula is C23H23N3O3. The minimum Gasteiger partial charge on any atom is -0.513 e. The first-order chi connectivity index (χ1) is 14.1. The molecule has 1 N–H and O–H groups in total. The summed E-state index contributed by atoms with van der Waals surface area (Å²) >= 11 is 0. The molecular weight excluding hydrogens is 366 g/mol. The van der Waals surface area contributed by atoms with Gasteiger partial charge in [-0.1, -0.05) is 30.8 Å². The highest BCUT2D eigenvalue weighted by atomic mass is 16.5. The third-order valence-corrected chi connectivity index (χ3v) is 4.76. The van der Waals surface area contributed by atoms with Crippen LogP contribution in [0, 0.1) is 6.92 Å². The highest BCUT2D eigenvalue weighted by Gasteiger charge is 2.13. The third-order valence-electron chi connectivity index (χ3n) is 4.76. The molecule has 4 rings (SSSR count). The number of fused-ring (bicyclic) bond motifs is 1. The van der Waals surface area contributed by atoms with Crippen LogP contribution < -0.4 is 4.74 Å². The highest BCUT2D eigenvalue weighted by Crippen LogP contribution is 2.26. The molecule has 6 nitrogen and oxygen atoms in total. The van der Waals surface area contributed by atoms with E-state index in [1.54, 1.807) is 6.33 Å².